The van der Waals surface area contributed by atoms with Gasteiger partial charge in [-0.25, -0.2) is 4.98 Å². The van der Waals surface area contributed by atoms with Crippen LogP contribution in [0.2, 0.25) is 0 Å². The number of para-hydroxylation sites is 1. The van der Waals surface area contributed by atoms with Crippen molar-refractivity contribution in [3.63, 3.8) is 0 Å². The van der Waals surface area contributed by atoms with Crippen molar-refractivity contribution >= 4 is 29.0 Å². The molecule has 2 aromatic carbocycles. The summed E-state index contributed by atoms with van der Waals surface area (Å²) < 4.78 is 45.7. The van der Waals surface area contributed by atoms with E-state index in [4.69, 9.17) is 10.5 Å². The van der Waals surface area contributed by atoms with Crippen molar-refractivity contribution in [1.29, 1.82) is 0 Å². The number of aromatic nitrogens is 2. The van der Waals surface area contributed by atoms with Gasteiger partial charge in [0.15, 0.2) is 0 Å². The van der Waals surface area contributed by atoms with Crippen LogP contribution in [0.25, 0.3) is 0 Å². The van der Waals surface area contributed by atoms with Crippen molar-refractivity contribution in [3.05, 3.63) is 65.4 Å². The van der Waals surface area contributed by atoms with Gasteiger partial charge in [-0.3, -0.25) is 4.79 Å². The fourth-order valence-electron chi connectivity index (χ4n) is 3.81. The summed E-state index contributed by atoms with van der Waals surface area (Å²) in [7, 11) is 1.54. The largest absolute Gasteiger partial charge is 0.495 e. The van der Waals surface area contributed by atoms with Crippen LogP contribution in [0, 0.1) is 0 Å². The van der Waals surface area contributed by atoms with E-state index in [0.717, 1.165) is 37.3 Å². The first kappa shape index (κ1) is 23.3. The Hall–Kier alpha value is -3.86. The van der Waals surface area contributed by atoms with Gasteiger partial charge in [-0.2, -0.15) is 18.2 Å². The maximum atomic E-state index is 13.4. The number of rotatable bonds is 7. The minimum Gasteiger partial charge on any atom is -0.495 e. The van der Waals surface area contributed by atoms with E-state index in [9.17, 15) is 18.0 Å². The average molecular weight is 472 g/mol. The number of carbonyl (C=O) groups excluding carboxylic acids is 1. The highest BCUT2D eigenvalue weighted by Crippen LogP contribution is 2.37. The van der Waals surface area contributed by atoms with Crippen LogP contribution in [-0.4, -0.2) is 36.1 Å². The van der Waals surface area contributed by atoms with Gasteiger partial charge in [0, 0.05) is 12.7 Å². The van der Waals surface area contributed by atoms with E-state index in [0.29, 0.717) is 17.4 Å². The number of alkyl halides is 3. The number of ether oxygens (including phenoxy) is 1. The van der Waals surface area contributed by atoms with Crippen molar-refractivity contribution in [2.45, 2.75) is 18.5 Å². The Labute approximate surface area is 193 Å². The predicted octanol–water partition coefficient (Wildman–Crippen LogP) is 4.17. The molecule has 0 bridgehead atoms. The zero-order valence-electron chi connectivity index (χ0n) is 18.2. The predicted molar refractivity (Wildman–Crippen MR) is 122 cm³/mol. The molecule has 0 saturated carbocycles. The summed E-state index contributed by atoms with van der Waals surface area (Å²) in [5.74, 6) is -0.0482. The molecule has 1 aliphatic heterocycles. The topological polar surface area (TPSA) is 114 Å². The first-order valence-corrected chi connectivity index (χ1v) is 10.5. The van der Waals surface area contributed by atoms with Crippen molar-refractivity contribution in [3.8, 4) is 5.75 Å². The molecule has 0 radical (unpaired) electrons. The number of primary amides is 1. The van der Waals surface area contributed by atoms with Gasteiger partial charge < -0.3 is 26.4 Å². The summed E-state index contributed by atoms with van der Waals surface area (Å²) in [4.78, 5) is 20.2. The standard InChI is InChI=1S/C23H23F3N6O2/c1-34-19-10-13(14-8-9-28-11-14)6-7-18(19)31-22-29-12-15(20(27)33)21(32-22)30-17-5-3-2-4-16(17)23(24,25)26/h2-7,10,12,14,28H,8-9,11H2,1H3,(H2,27,33)(H2,29,30,31,32). The molecule has 1 fully saturated rings. The molecule has 1 amide bonds. The third-order valence-electron chi connectivity index (χ3n) is 5.54. The lowest BCUT2D eigenvalue weighted by molar-refractivity contribution is -0.136. The fraction of sp³-hybridized carbons (Fsp3) is 0.261. The minimum absolute atomic E-state index is 0.0468. The lowest BCUT2D eigenvalue weighted by Crippen LogP contribution is -2.17. The molecule has 1 aliphatic rings. The number of hydrogen-bond acceptors (Lipinski definition) is 7. The Bertz CT molecular complexity index is 1200. The molecular weight excluding hydrogens is 449 g/mol. The van der Waals surface area contributed by atoms with E-state index >= 15 is 0 Å². The van der Waals surface area contributed by atoms with Gasteiger partial charge in [-0.15, -0.1) is 0 Å². The third kappa shape index (κ3) is 5.04. The maximum Gasteiger partial charge on any atom is 0.418 e. The molecule has 5 N–H and O–H groups in total. The summed E-state index contributed by atoms with van der Waals surface area (Å²) in [5, 5.41) is 8.91. The van der Waals surface area contributed by atoms with Gasteiger partial charge in [0.2, 0.25) is 5.95 Å². The van der Waals surface area contributed by atoms with E-state index in [-0.39, 0.29) is 23.0 Å². The molecule has 1 saturated heterocycles. The smallest absolute Gasteiger partial charge is 0.418 e. The molecule has 2 heterocycles. The Morgan fingerprint density at radius 3 is 2.65 bits per heavy atom. The highest BCUT2D eigenvalue weighted by molar-refractivity contribution is 5.98. The molecule has 1 atom stereocenters. The van der Waals surface area contributed by atoms with Gasteiger partial charge in [0.05, 0.1) is 24.0 Å². The number of carbonyl (C=O) groups is 1. The van der Waals surface area contributed by atoms with E-state index in [1.54, 1.807) is 0 Å². The van der Waals surface area contributed by atoms with E-state index < -0.39 is 17.6 Å². The number of amides is 1. The SMILES string of the molecule is COc1cc(C2CCNC2)ccc1Nc1ncc(C(N)=O)c(Nc2ccccc2C(F)(F)F)n1. The third-order valence-corrected chi connectivity index (χ3v) is 5.54. The fourth-order valence-corrected chi connectivity index (χ4v) is 3.81. The monoisotopic (exact) mass is 472 g/mol. The molecule has 0 spiro atoms. The van der Waals surface area contributed by atoms with Gasteiger partial charge >= 0.3 is 6.18 Å². The summed E-state index contributed by atoms with van der Waals surface area (Å²) in [6.07, 6.45) is -2.42. The van der Waals surface area contributed by atoms with Crippen LogP contribution in [0.4, 0.5) is 36.3 Å². The van der Waals surface area contributed by atoms with Crippen LogP contribution in [0.15, 0.2) is 48.7 Å². The normalized spacial score (nSPS) is 15.7. The zero-order valence-corrected chi connectivity index (χ0v) is 18.2. The van der Waals surface area contributed by atoms with Gasteiger partial charge in [0.1, 0.15) is 17.1 Å². The minimum atomic E-state index is -4.60. The van der Waals surface area contributed by atoms with Gasteiger partial charge in [0.25, 0.3) is 5.91 Å². The number of hydrogen-bond donors (Lipinski definition) is 4. The molecule has 4 rings (SSSR count). The quantitative estimate of drug-likeness (QED) is 0.408. The van der Waals surface area contributed by atoms with Crippen molar-refractivity contribution in [2.24, 2.45) is 5.73 Å². The Kier molecular flexibility index (Phi) is 6.55. The number of nitrogens with one attached hydrogen (secondary N) is 3. The number of nitrogens with zero attached hydrogens (tertiary/aromatic N) is 2. The first-order chi connectivity index (χ1) is 16.3. The lowest BCUT2D eigenvalue weighted by atomic mass is 9.98. The van der Waals surface area contributed by atoms with Crippen LogP contribution in [0.3, 0.4) is 0 Å². The van der Waals surface area contributed by atoms with Gasteiger partial charge in [-0.1, -0.05) is 18.2 Å². The van der Waals surface area contributed by atoms with Crippen molar-refractivity contribution < 1.29 is 22.7 Å². The van der Waals surface area contributed by atoms with E-state index in [1.165, 1.54) is 25.3 Å². The van der Waals surface area contributed by atoms with Crippen molar-refractivity contribution in [2.75, 3.05) is 30.8 Å². The van der Waals surface area contributed by atoms with Gasteiger partial charge in [-0.05, 0) is 48.7 Å². The first-order valence-electron chi connectivity index (χ1n) is 10.5. The molecule has 0 aliphatic carbocycles. The average Bonchev–Trinajstić information content (AvgIpc) is 3.34. The molecule has 178 valence electrons. The molecule has 11 heteroatoms. The number of anilines is 4. The number of nitrogens with two attached hydrogens (primary N) is 1. The second kappa shape index (κ2) is 9.56. The maximum absolute atomic E-state index is 13.4. The summed E-state index contributed by atoms with van der Waals surface area (Å²) in [6.45, 7) is 1.85. The van der Waals surface area contributed by atoms with Crippen LogP contribution >= 0.6 is 0 Å². The second-order valence-electron chi connectivity index (χ2n) is 7.76. The Morgan fingerprint density at radius 1 is 1.18 bits per heavy atom. The Morgan fingerprint density at radius 2 is 1.97 bits per heavy atom. The summed E-state index contributed by atoms with van der Waals surface area (Å²) in [6, 6.07) is 10.6. The molecule has 3 aromatic rings. The van der Waals surface area contributed by atoms with E-state index in [1.807, 2.05) is 18.2 Å². The number of halogens is 3. The molecular formula is C23H23F3N6O2. The van der Waals surface area contributed by atoms with Crippen LogP contribution in [0.1, 0.15) is 33.8 Å². The molecule has 1 aromatic heterocycles. The summed E-state index contributed by atoms with van der Waals surface area (Å²) >= 11 is 0. The summed E-state index contributed by atoms with van der Waals surface area (Å²) in [5.41, 5.74) is 5.75. The molecule has 1 unspecified atom stereocenters. The van der Waals surface area contributed by atoms with Crippen LogP contribution in [0.5, 0.6) is 5.75 Å². The second-order valence-corrected chi connectivity index (χ2v) is 7.76. The highest BCUT2D eigenvalue weighted by atomic mass is 19.4. The van der Waals surface area contributed by atoms with E-state index in [2.05, 4.69) is 25.9 Å². The zero-order chi connectivity index (χ0) is 24.3. The van der Waals surface area contributed by atoms with Crippen molar-refractivity contribution in [1.82, 2.24) is 15.3 Å². The number of methoxy groups -OCH3 is 1. The highest BCUT2D eigenvalue weighted by Gasteiger charge is 2.33. The number of benzene rings is 2. The Balaban J connectivity index is 1.65. The van der Waals surface area contributed by atoms with Crippen LogP contribution in [-0.2, 0) is 6.18 Å². The lowest BCUT2D eigenvalue weighted by Gasteiger charge is -2.17. The molecule has 8 nitrogen and oxygen atoms in total. The molecule has 34 heavy (non-hydrogen) atoms. The van der Waals surface area contributed by atoms with Crippen LogP contribution < -0.4 is 26.4 Å².